The van der Waals surface area contributed by atoms with Gasteiger partial charge in [-0.1, -0.05) is 159 Å². The molecule has 0 aliphatic rings. The van der Waals surface area contributed by atoms with Crippen LogP contribution >= 0.6 is 7.82 Å². The number of unbranched alkanes of at least 4 members (excludes halogenated alkanes) is 19. The van der Waals surface area contributed by atoms with Gasteiger partial charge in [-0.3, -0.25) is 13.8 Å². The fourth-order valence-corrected chi connectivity index (χ4v) is 6.28. The number of aliphatic hydroxyl groups is 2. The number of carbonyl (C=O) groups excluding carboxylic acids is 1. The number of allylic oxidation sites excluding steroid dienone is 6. The van der Waals surface area contributed by atoms with Crippen LogP contribution in [-0.2, 0) is 27.9 Å². The van der Waals surface area contributed by atoms with Crippen LogP contribution in [0.3, 0.4) is 0 Å². The summed E-state index contributed by atoms with van der Waals surface area (Å²) in [5.74, 6) is -0.398. The normalized spacial score (nSPS) is 14.5. The van der Waals surface area contributed by atoms with E-state index < -0.39 is 39.2 Å². The number of aliphatic hydroxyl groups excluding tert-OH is 2. The Hall–Kier alpha value is -1.32. The molecule has 0 aliphatic carbocycles. The number of hydrogen-bond acceptors (Lipinski definition) is 8. The molecule has 3 N–H and O–H groups in total. The molecule has 0 fully saturated rings. The van der Waals surface area contributed by atoms with Crippen LogP contribution in [0.25, 0.3) is 0 Å². The molecule has 0 aromatic heterocycles. The summed E-state index contributed by atoms with van der Waals surface area (Å²) in [4.78, 5) is 22.5. The van der Waals surface area contributed by atoms with Crippen LogP contribution in [0.2, 0.25) is 0 Å². The van der Waals surface area contributed by atoms with Crippen molar-refractivity contribution in [3.63, 3.8) is 0 Å². The molecule has 10 heteroatoms. The van der Waals surface area contributed by atoms with Gasteiger partial charge >= 0.3 is 13.8 Å². The van der Waals surface area contributed by atoms with Gasteiger partial charge in [0.05, 0.1) is 26.4 Å². The fourth-order valence-electron chi connectivity index (χ4n) is 5.49. The number of esters is 1. The zero-order valence-electron chi connectivity index (χ0n) is 32.6. The lowest BCUT2D eigenvalue weighted by molar-refractivity contribution is -0.154. The van der Waals surface area contributed by atoms with Crippen molar-refractivity contribution >= 4 is 13.8 Å². The van der Waals surface area contributed by atoms with Crippen LogP contribution in [0, 0.1) is 0 Å². The first-order chi connectivity index (χ1) is 24.8. The van der Waals surface area contributed by atoms with E-state index in [2.05, 4.69) is 50.3 Å². The summed E-state index contributed by atoms with van der Waals surface area (Å²) >= 11 is 0. The standard InChI is InChI=1S/C41H77O9P/c1-3-5-7-9-11-13-15-17-19-21-23-25-27-29-31-33-41(44)50-40(38-49-51(45,46)48-36-39(43)35-42)37-47-34-32-30-28-26-24-22-20-18-16-14-12-10-8-6-4-2/h5,7,11,13,17,19,39-40,42-43H,3-4,6,8-10,12,14-16,18,20-38H2,1-2H3,(H,45,46)/b7-5-,13-11-,19-17-. The Labute approximate surface area is 312 Å². The molecule has 0 heterocycles. The molecule has 0 amide bonds. The van der Waals surface area contributed by atoms with Gasteiger partial charge in [-0.25, -0.2) is 4.57 Å². The fraction of sp³-hybridized carbons (Fsp3) is 0.829. The van der Waals surface area contributed by atoms with Gasteiger partial charge in [0, 0.05) is 13.0 Å². The van der Waals surface area contributed by atoms with Crippen molar-refractivity contribution in [2.75, 3.05) is 33.0 Å². The third-order valence-electron chi connectivity index (χ3n) is 8.59. The minimum absolute atomic E-state index is 0.0445. The molecule has 0 aromatic carbocycles. The van der Waals surface area contributed by atoms with Gasteiger partial charge in [0.25, 0.3) is 0 Å². The molecular weight excluding hydrogens is 667 g/mol. The minimum Gasteiger partial charge on any atom is -0.457 e. The number of rotatable bonds is 39. The van der Waals surface area contributed by atoms with E-state index >= 15 is 0 Å². The first kappa shape index (κ1) is 49.7. The van der Waals surface area contributed by atoms with Crippen molar-refractivity contribution in [2.45, 2.75) is 187 Å². The third-order valence-corrected chi connectivity index (χ3v) is 9.54. The minimum atomic E-state index is -4.52. The van der Waals surface area contributed by atoms with Crippen LogP contribution in [0.5, 0.6) is 0 Å². The summed E-state index contributed by atoms with van der Waals surface area (Å²) in [6, 6.07) is 0. The zero-order valence-corrected chi connectivity index (χ0v) is 33.5. The molecule has 0 spiro atoms. The summed E-state index contributed by atoms with van der Waals surface area (Å²) < 4.78 is 33.3. The molecule has 0 bridgehead atoms. The average Bonchev–Trinajstić information content (AvgIpc) is 3.12. The number of carbonyl (C=O) groups is 1. The van der Waals surface area contributed by atoms with E-state index in [9.17, 15) is 19.4 Å². The molecule has 3 atom stereocenters. The number of hydrogen-bond donors (Lipinski definition) is 3. The van der Waals surface area contributed by atoms with E-state index in [1.54, 1.807) is 0 Å². The Kier molecular flexibility index (Phi) is 37.4. The lowest BCUT2D eigenvalue weighted by Crippen LogP contribution is -2.29. The maximum Gasteiger partial charge on any atom is 0.472 e. The molecule has 0 aliphatic heterocycles. The summed E-state index contributed by atoms with van der Waals surface area (Å²) in [5.41, 5.74) is 0. The van der Waals surface area contributed by atoms with Gasteiger partial charge in [-0.05, 0) is 44.9 Å². The third kappa shape index (κ3) is 38.2. The Morgan fingerprint density at radius 1 is 0.627 bits per heavy atom. The topological polar surface area (TPSA) is 132 Å². The monoisotopic (exact) mass is 745 g/mol. The predicted molar refractivity (Wildman–Crippen MR) is 210 cm³/mol. The van der Waals surface area contributed by atoms with Crippen molar-refractivity contribution in [3.05, 3.63) is 36.5 Å². The van der Waals surface area contributed by atoms with Gasteiger partial charge < -0.3 is 24.6 Å². The molecule has 3 unspecified atom stereocenters. The van der Waals surface area contributed by atoms with Crippen LogP contribution in [0.15, 0.2) is 36.5 Å². The SMILES string of the molecule is CC/C=C\C/C=C\C/C=C\CCCCCCCC(=O)OC(COCCCCCCCCCCCCCCCCC)COP(=O)(O)OCC(O)CO. The summed E-state index contributed by atoms with van der Waals surface area (Å²) in [7, 11) is -4.52. The second kappa shape index (κ2) is 38.4. The van der Waals surface area contributed by atoms with Crippen molar-refractivity contribution in [2.24, 2.45) is 0 Å². The Balaban J connectivity index is 4.22. The van der Waals surface area contributed by atoms with Crippen molar-refractivity contribution in [1.82, 2.24) is 0 Å². The van der Waals surface area contributed by atoms with Crippen molar-refractivity contribution in [3.8, 4) is 0 Å². The second-order valence-electron chi connectivity index (χ2n) is 13.6. The molecule has 0 saturated carbocycles. The number of phosphoric ester groups is 1. The van der Waals surface area contributed by atoms with Crippen LogP contribution in [0.4, 0.5) is 0 Å². The van der Waals surface area contributed by atoms with Gasteiger partial charge in [-0.15, -0.1) is 0 Å². The van der Waals surface area contributed by atoms with Crippen LogP contribution < -0.4 is 0 Å². The molecular formula is C41H77O9P. The van der Waals surface area contributed by atoms with Gasteiger partial charge in [0.15, 0.2) is 0 Å². The van der Waals surface area contributed by atoms with E-state index in [-0.39, 0.29) is 19.6 Å². The van der Waals surface area contributed by atoms with E-state index in [0.717, 1.165) is 64.2 Å². The first-order valence-electron chi connectivity index (χ1n) is 20.5. The van der Waals surface area contributed by atoms with Gasteiger partial charge in [0.1, 0.15) is 12.2 Å². The molecule has 300 valence electrons. The van der Waals surface area contributed by atoms with E-state index in [0.29, 0.717) is 13.0 Å². The summed E-state index contributed by atoms with van der Waals surface area (Å²) in [6.07, 6.45) is 39.5. The number of phosphoric acid groups is 1. The van der Waals surface area contributed by atoms with Crippen molar-refractivity contribution < 1.29 is 43.0 Å². The Morgan fingerprint density at radius 3 is 1.69 bits per heavy atom. The highest BCUT2D eigenvalue weighted by molar-refractivity contribution is 7.47. The highest BCUT2D eigenvalue weighted by atomic mass is 31.2. The Morgan fingerprint density at radius 2 is 1.12 bits per heavy atom. The maximum atomic E-state index is 12.6. The smallest absolute Gasteiger partial charge is 0.457 e. The molecule has 0 aromatic rings. The summed E-state index contributed by atoms with van der Waals surface area (Å²) in [5, 5.41) is 18.3. The van der Waals surface area contributed by atoms with E-state index in [1.165, 1.54) is 83.5 Å². The largest absolute Gasteiger partial charge is 0.472 e. The number of ether oxygens (including phenoxy) is 2. The molecule has 0 saturated heterocycles. The molecule has 9 nitrogen and oxygen atoms in total. The Bertz CT molecular complexity index is 892. The molecule has 0 radical (unpaired) electrons. The predicted octanol–water partition coefficient (Wildman–Crippen LogP) is 10.9. The van der Waals surface area contributed by atoms with Crippen LogP contribution in [0.1, 0.15) is 174 Å². The second-order valence-corrected chi connectivity index (χ2v) is 15.1. The van der Waals surface area contributed by atoms with Gasteiger partial charge in [0.2, 0.25) is 0 Å². The van der Waals surface area contributed by atoms with Gasteiger partial charge in [-0.2, -0.15) is 0 Å². The van der Waals surface area contributed by atoms with Crippen molar-refractivity contribution in [1.29, 1.82) is 0 Å². The highest BCUT2D eigenvalue weighted by Gasteiger charge is 2.26. The lowest BCUT2D eigenvalue weighted by atomic mass is 10.0. The van der Waals surface area contributed by atoms with Crippen LogP contribution in [-0.4, -0.2) is 66.3 Å². The average molecular weight is 745 g/mol. The quantitative estimate of drug-likeness (QED) is 0.0243. The molecule has 0 rings (SSSR count). The summed E-state index contributed by atoms with van der Waals surface area (Å²) in [6.45, 7) is 3.39. The lowest BCUT2D eigenvalue weighted by Gasteiger charge is -2.20. The first-order valence-corrected chi connectivity index (χ1v) is 22.0. The highest BCUT2D eigenvalue weighted by Crippen LogP contribution is 2.43. The van der Waals surface area contributed by atoms with E-state index in [4.69, 9.17) is 23.6 Å². The zero-order chi connectivity index (χ0) is 37.5. The maximum absolute atomic E-state index is 12.6. The molecule has 51 heavy (non-hydrogen) atoms. The van der Waals surface area contributed by atoms with E-state index in [1.807, 2.05) is 0 Å².